The second-order valence-electron chi connectivity index (χ2n) is 4.13. The Bertz CT molecular complexity index is 619. The first-order valence-electron chi connectivity index (χ1n) is 5.94. The summed E-state index contributed by atoms with van der Waals surface area (Å²) in [4.78, 5) is 16.1. The summed E-state index contributed by atoms with van der Waals surface area (Å²) in [5.41, 5.74) is 1.97. The first-order chi connectivity index (χ1) is 9.06. The number of ether oxygens (including phenoxy) is 1. The summed E-state index contributed by atoms with van der Waals surface area (Å²) in [6.07, 6.45) is 0.736. The van der Waals surface area contributed by atoms with Crippen molar-refractivity contribution in [3.05, 3.63) is 34.5 Å². The molecule has 0 radical (unpaired) electrons. The Balaban J connectivity index is 2.54. The smallest absolute Gasteiger partial charge is 0.356 e. The molecular weight excluding hydrogens is 262 g/mol. The zero-order valence-corrected chi connectivity index (χ0v) is 11.9. The van der Waals surface area contributed by atoms with Crippen molar-refractivity contribution in [2.75, 3.05) is 7.11 Å². The van der Waals surface area contributed by atoms with Crippen molar-refractivity contribution in [3.63, 3.8) is 0 Å². The number of nitrogens with zero attached hydrogens (tertiary/aromatic N) is 1. The van der Waals surface area contributed by atoms with E-state index in [4.69, 9.17) is 4.74 Å². The van der Waals surface area contributed by atoms with E-state index < -0.39 is 5.97 Å². The van der Waals surface area contributed by atoms with Crippen LogP contribution in [0.25, 0.3) is 10.4 Å². The third-order valence-electron chi connectivity index (χ3n) is 2.83. The van der Waals surface area contributed by atoms with Crippen LogP contribution in [-0.4, -0.2) is 23.2 Å². The van der Waals surface area contributed by atoms with Crippen LogP contribution in [0.3, 0.4) is 0 Å². The van der Waals surface area contributed by atoms with E-state index in [2.05, 4.69) is 4.98 Å². The van der Waals surface area contributed by atoms with E-state index in [9.17, 15) is 9.90 Å². The molecule has 0 aliphatic rings. The molecule has 0 aliphatic carbocycles. The number of benzene rings is 1. The van der Waals surface area contributed by atoms with E-state index in [-0.39, 0.29) is 5.69 Å². The summed E-state index contributed by atoms with van der Waals surface area (Å²) >= 11 is 1.43. The van der Waals surface area contributed by atoms with Crippen LogP contribution in [0.4, 0.5) is 0 Å². The molecule has 0 bridgehead atoms. The van der Waals surface area contributed by atoms with E-state index in [0.717, 1.165) is 28.3 Å². The molecule has 1 N–H and O–H groups in total. The van der Waals surface area contributed by atoms with Crippen LogP contribution in [0.1, 0.15) is 28.0 Å². The molecule has 0 atom stereocenters. The fourth-order valence-corrected chi connectivity index (χ4v) is 2.87. The molecule has 19 heavy (non-hydrogen) atoms. The van der Waals surface area contributed by atoms with Crippen LogP contribution in [0.2, 0.25) is 0 Å². The second-order valence-corrected chi connectivity index (χ2v) is 5.21. The van der Waals surface area contributed by atoms with Crippen LogP contribution in [0.15, 0.2) is 18.2 Å². The highest BCUT2D eigenvalue weighted by Crippen LogP contribution is 2.33. The Morgan fingerprint density at radius 2 is 2.21 bits per heavy atom. The Kier molecular flexibility index (Phi) is 3.85. The van der Waals surface area contributed by atoms with Gasteiger partial charge in [0.1, 0.15) is 5.75 Å². The van der Waals surface area contributed by atoms with Gasteiger partial charge in [0.2, 0.25) is 0 Å². The minimum Gasteiger partial charge on any atom is -0.496 e. The largest absolute Gasteiger partial charge is 0.496 e. The number of carboxylic acids is 1. The summed E-state index contributed by atoms with van der Waals surface area (Å²) in [5.74, 6) is -0.194. The zero-order valence-electron chi connectivity index (χ0n) is 11.1. The number of hydrogen-bond acceptors (Lipinski definition) is 4. The molecule has 1 aromatic heterocycles. The van der Waals surface area contributed by atoms with Gasteiger partial charge in [-0.1, -0.05) is 6.92 Å². The Labute approximate surface area is 115 Å². The third-order valence-corrected chi connectivity index (χ3v) is 4.08. The van der Waals surface area contributed by atoms with Crippen molar-refractivity contribution < 1.29 is 14.6 Å². The molecule has 0 amide bonds. The van der Waals surface area contributed by atoms with Gasteiger partial charge in [0.05, 0.1) is 17.0 Å². The van der Waals surface area contributed by atoms with E-state index in [1.54, 1.807) is 7.11 Å². The van der Waals surface area contributed by atoms with Crippen molar-refractivity contribution in [2.45, 2.75) is 20.3 Å². The van der Waals surface area contributed by atoms with Gasteiger partial charge in [-0.25, -0.2) is 9.78 Å². The molecule has 0 unspecified atom stereocenters. The van der Waals surface area contributed by atoms with Crippen molar-refractivity contribution in [3.8, 4) is 16.2 Å². The summed E-state index contributed by atoms with van der Waals surface area (Å²) < 4.78 is 5.21. The third kappa shape index (κ3) is 2.61. The van der Waals surface area contributed by atoms with Crippen LogP contribution in [-0.2, 0) is 6.42 Å². The molecule has 0 spiro atoms. The van der Waals surface area contributed by atoms with E-state index in [1.165, 1.54) is 11.3 Å². The van der Waals surface area contributed by atoms with Crippen LogP contribution >= 0.6 is 11.3 Å². The predicted molar refractivity (Wildman–Crippen MR) is 75.2 cm³/mol. The number of hydrogen-bond donors (Lipinski definition) is 1. The standard InChI is InChI=1S/C14H15NO3S/c1-4-11-15-12(14(16)17)13(19-11)9-5-6-10(18-3)8(2)7-9/h5-7H,4H2,1-3H3,(H,16,17). The maximum Gasteiger partial charge on any atom is 0.356 e. The molecule has 0 saturated heterocycles. The molecule has 0 saturated carbocycles. The van der Waals surface area contributed by atoms with Crippen molar-refractivity contribution in [2.24, 2.45) is 0 Å². The topological polar surface area (TPSA) is 59.4 Å². The van der Waals surface area contributed by atoms with Crippen molar-refractivity contribution in [1.29, 1.82) is 0 Å². The number of rotatable bonds is 4. The van der Waals surface area contributed by atoms with Crippen molar-refractivity contribution >= 4 is 17.3 Å². The SMILES string of the molecule is CCc1nc(C(=O)O)c(-c2ccc(OC)c(C)c2)s1. The van der Waals surface area contributed by atoms with E-state index in [1.807, 2.05) is 32.0 Å². The predicted octanol–water partition coefficient (Wildman–Crippen LogP) is 3.39. The minimum absolute atomic E-state index is 0.131. The molecule has 0 aliphatic heterocycles. The lowest BCUT2D eigenvalue weighted by molar-refractivity contribution is 0.0692. The van der Waals surface area contributed by atoms with Crippen LogP contribution in [0, 0.1) is 6.92 Å². The average molecular weight is 277 g/mol. The maximum absolute atomic E-state index is 11.3. The number of carbonyl (C=O) groups is 1. The van der Waals surface area contributed by atoms with Gasteiger partial charge in [0, 0.05) is 0 Å². The summed E-state index contributed by atoms with van der Waals surface area (Å²) in [6, 6.07) is 5.64. The fraction of sp³-hybridized carbons (Fsp3) is 0.286. The highest BCUT2D eigenvalue weighted by atomic mass is 32.1. The van der Waals surface area contributed by atoms with Gasteiger partial charge in [-0.3, -0.25) is 0 Å². The monoisotopic (exact) mass is 277 g/mol. The van der Waals surface area contributed by atoms with E-state index in [0.29, 0.717) is 4.88 Å². The lowest BCUT2D eigenvalue weighted by Gasteiger charge is -2.06. The normalized spacial score (nSPS) is 10.5. The first kappa shape index (κ1) is 13.5. The average Bonchev–Trinajstić information content (AvgIpc) is 2.83. The van der Waals surface area contributed by atoms with E-state index >= 15 is 0 Å². The van der Waals surface area contributed by atoms with Gasteiger partial charge in [-0.05, 0) is 42.7 Å². The zero-order chi connectivity index (χ0) is 14.0. The number of aryl methyl sites for hydroxylation is 2. The van der Waals surface area contributed by atoms with Gasteiger partial charge in [0.25, 0.3) is 0 Å². The Morgan fingerprint density at radius 3 is 2.74 bits per heavy atom. The van der Waals surface area contributed by atoms with Crippen LogP contribution < -0.4 is 4.74 Å². The summed E-state index contributed by atoms with van der Waals surface area (Å²) in [7, 11) is 1.62. The minimum atomic E-state index is -0.987. The first-order valence-corrected chi connectivity index (χ1v) is 6.76. The van der Waals surface area contributed by atoms with Gasteiger partial charge >= 0.3 is 5.97 Å². The maximum atomic E-state index is 11.3. The van der Waals surface area contributed by atoms with Gasteiger partial charge in [-0.2, -0.15) is 0 Å². The number of aromatic carboxylic acids is 1. The molecule has 2 rings (SSSR count). The summed E-state index contributed by atoms with van der Waals surface area (Å²) in [6.45, 7) is 3.90. The van der Waals surface area contributed by atoms with Crippen LogP contribution in [0.5, 0.6) is 5.75 Å². The highest BCUT2D eigenvalue weighted by Gasteiger charge is 2.18. The highest BCUT2D eigenvalue weighted by molar-refractivity contribution is 7.15. The molecule has 1 heterocycles. The summed E-state index contributed by atoms with van der Waals surface area (Å²) in [5, 5.41) is 10.1. The Morgan fingerprint density at radius 1 is 1.47 bits per heavy atom. The fourth-order valence-electron chi connectivity index (χ4n) is 1.88. The number of carboxylic acid groups (broad SMARTS) is 1. The lowest BCUT2D eigenvalue weighted by Crippen LogP contribution is -1.99. The molecule has 4 nitrogen and oxygen atoms in total. The number of methoxy groups -OCH3 is 1. The lowest BCUT2D eigenvalue weighted by atomic mass is 10.1. The number of aromatic nitrogens is 1. The quantitative estimate of drug-likeness (QED) is 0.930. The van der Waals surface area contributed by atoms with Gasteiger partial charge in [0.15, 0.2) is 5.69 Å². The van der Waals surface area contributed by atoms with Gasteiger partial charge < -0.3 is 9.84 Å². The molecule has 2 aromatic rings. The number of thiazole rings is 1. The molecule has 100 valence electrons. The van der Waals surface area contributed by atoms with Crippen molar-refractivity contribution in [1.82, 2.24) is 4.98 Å². The Hall–Kier alpha value is -1.88. The molecule has 0 fully saturated rings. The molecular formula is C14H15NO3S. The second kappa shape index (κ2) is 5.40. The van der Waals surface area contributed by atoms with Gasteiger partial charge in [-0.15, -0.1) is 11.3 Å². The molecule has 1 aromatic carbocycles. The molecule has 5 heteroatoms.